The molecule has 1 heterocycles. The highest BCUT2D eigenvalue weighted by Gasteiger charge is 2.50. The summed E-state index contributed by atoms with van der Waals surface area (Å²) >= 11 is 0. The summed E-state index contributed by atoms with van der Waals surface area (Å²) in [5.41, 5.74) is 0. The third kappa shape index (κ3) is 42.5. The lowest BCUT2D eigenvalue weighted by molar-refractivity contribution is -0.301. The van der Waals surface area contributed by atoms with Gasteiger partial charge in [-0.3, -0.25) is 14.4 Å². The van der Waals surface area contributed by atoms with Crippen LogP contribution in [0.5, 0.6) is 0 Å². The predicted molar refractivity (Wildman–Crippen MR) is 312 cm³/mol. The summed E-state index contributed by atoms with van der Waals surface area (Å²) < 4.78 is 28.4. The Morgan fingerprint density at radius 2 is 0.831 bits per heavy atom. The van der Waals surface area contributed by atoms with Crippen molar-refractivity contribution in [3.05, 3.63) is 85.1 Å². The maximum absolute atomic E-state index is 13.1. The van der Waals surface area contributed by atoms with Gasteiger partial charge in [0.05, 0.1) is 6.61 Å². The van der Waals surface area contributed by atoms with Crippen LogP contribution in [0.15, 0.2) is 85.1 Å². The van der Waals surface area contributed by atoms with E-state index in [4.69, 9.17) is 23.7 Å². The number of carboxylic acid groups (broad SMARTS) is 1. The van der Waals surface area contributed by atoms with Crippen LogP contribution in [0.25, 0.3) is 0 Å². The number of rotatable bonds is 51. The molecule has 1 aliphatic heterocycles. The van der Waals surface area contributed by atoms with Crippen LogP contribution < -0.4 is 0 Å². The molecule has 0 radical (unpaired) electrons. The minimum Gasteiger partial charge on any atom is -0.479 e. The fraction of sp³-hybridized carbons (Fsp3) is 0.723. The quantitative estimate of drug-likeness (QED) is 0.0228. The Morgan fingerprint density at radius 3 is 1.31 bits per heavy atom. The molecule has 1 aliphatic rings. The second-order valence-corrected chi connectivity index (χ2v) is 20.6. The molecule has 0 aromatic heterocycles. The molecule has 0 aromatic carbocycles. The molecule has 12 heteroatoms. The van der Waals surface area contributed by atoms with E-state index >= 15 is 0 Å². The molecule has 0 bridgehead atoms. The summed E-state index contributed by atoms with van der Waals surface area (Å²) in [4.78, 5) is 51.1. The molecular formula is C65H108O12. The van der Waals surface area contributed by atoms with Crippen molar-refractivity contribution >= 4 is 23.9 Å². The van der Waals surface area contributed by atoms with Crippen LogP contribution in [0.2, 0.25) is 0 Å². The van der Waals surface area contributed by atoms with Crippen molar-refractivity contribution in [3.63, 3.8) is 0 Å². The normalized spacial score (nSPS) is 18.6. The van der Waals surface area contributed by atoms with Gasteiger partial charge in [0.2, 0.25) is 0 Å². The maximum atomic E-state index is 13.1. The predicted octanol–water partition coefficient (Wildman–Crippen LogP) is 15.9. The number of carboxylic acids is 1. The fourth-order valence-electron chi connectivity index (χ4n) is 8.79. The van der Waals surface area contributed by atoms with E-state index in [1.165, 1.54) is 96.3 Å². The van der Waals surface area contributed by atoms with Gasteiger partial charge in [0.15, 0.2) is 24.6 Å². The molecule has 3 N–H and O–H groups in total. The van der Waals surface area contributed by atoms with Crippen molar-refractivity contribution in [3.8, 4) is 0 Å². The van der Waals surface area contributed by atoms with Crippen molar-refractivity contribution in [2.75, 3.05) is 13.2 Å². The standard InChI is InChI=1S/C65H108O12/c1-4-7-10-13-16-19-22-24-26-28-29-31-33-35-38-41-44-47-50-53-59(68)76-63-61(70)60(69)62(64(71)72)77-65(63)74-55-56(75-58(67)52-49-46-43-40-36-21-18-15-12-9-6-3)54-73-57(66)51-48-45-42-39-37-34-32-30-27-25-23-20-17-14-11-8-5-2/h8,11,16-17,19-20,24-27,32,34,39,42,56,60-63,65,69-70H,4-7,9-10,12-15,18,21-23,28-31,33,35-38,40-41,43-55H2,1-3H3,(H,71,72)/b11-8-,19-16-,20-17-,26-24-,27-25-,34-32-,42-39-. The number of aliphatic hydroxyl groups is 2. The minimum absolute atomic E-state index is 0.0485. The second kappa shape index (κ2) is 52.6. The number of carbonyl (C=O) groups excluding carboxylic acids is 3. The lowest BCUT2D eigenvalue weighted by Gasteiger charge is -2.40. The molecular weight excluding hydrogens is 973 g/mol. The fourth-order valence-corrected chi connectivity index (χ4v) is 8.79. The van der Waals surface area contributed by atoms with Gasteiger partial charge < -0.3 is 39.0 Å². The number of unbranched alkanes of at least 4 members (excludes halogenated alkanes) is 23. The maximum Gasteiger partial charge on any atom is 0.335 e. The summed E-state index contributed by atoms with van der Waals surface area (Å²) in [6.07, 6.45) is 55.6. The van der Waals surface area contributed by atoms with E-state index in [1.807, 2.05) is 6.08 Å². The summed E-state index contributed by atoms with van der Waals surface area (Å²) in [5, 5.41) is 31.5. The van der Waals surface area contributed by atoms with Gasteiger partial charge in [-0.15, -0.1) is 0 Å². The van der Waals surface area contributed by atoms with Crippen LogP contribution in [0, 0.1) is 0 Å². The van der Waals surface area contributed by atoms with Gasteiger partial charge in [0.25, 0.3) is 0 Å². The first-order valence-electron chi connectivity index (χ1n) is 30.6. The smallest absolute Gasteiger partial charge is 0.335 e. The van der Waals surface area contributed by atoms with E-state index in [0.29, 0.717) is 25.7 Å². The zero-order chi connectivity index (χ0) is 56.1. The van der Waals surface area contributed by atoms with Crippen LogP contribution in [0.1, 0.15) is 252 Å². The average Bonchev–Trinajstić information content (AvgIpc) is 3.41. The van der Waals surface area contributed by atoms with E-state index in [2.05, 4.69) is 99.8 Å². The van der Waals surface area contributed by atoms with Gasteiger partial charge in [-0.1, -0.05) is 228 Å². The first-order valence-corrected chi connectivity index (χ1v) is 30.6. The lowest BCUT2D eigenvalue weighted by Crippen LogP contribution is -2.61. The minimum atomic E-state index is -1.91. The van der Waals surface area contributed by atoms with Crippen LogP contribution in [0.3, 0.4) is 0 Å². The molecule has 0 aliphatic carbocycles. The summed E-state index contributed by atoms with van der Waals surface area (Å²) in [5.74, 6) is -3.20. The molecule has 0 spiro atoms. The molecule has 6 atom stereocenters. The van der Waals surface area contributed by atoms with Gasteiger partial charge in [-0.05, 0) is 89.9 Å². The molecule has 6 unspecified atom stereocenters. The highest BCUT2D eigenvalue weighted by molar-refractivity contribution is 5.74. The Morgan fingerprint density at radius 1 is 0.442 bits per heavy atom. The highest BCUT2D eigenvalue weighted by Crippen LogP contribution is 2.26. The summed E-state index contributed by atoms with van der Waals surface area (Å²) in [6, 6.07) is 0. The summed E-state index contributed by atoms with van der Waals surface area (Å²) in [7, 11) is 0. The number of esters is 3. The SMILES string of the molecule is CC/C=C\C/C=C\C/C=C\C/C=C\C/C=C\CCCC(=O)OCC(COC1OC(C(=O)O)C(O)C(O)C1OC(=O)CCCCCCCCCCC/C=C\C/C=C\CCCCC)OC(=O)CCCCCCCCCCCCC. The first kappa shape index (κ1) is 70.9. The number of aliphatic carboxylic acids is 1. The molecule has 1 rings (SSSR count). The molecule has 440 valence electrons. The van der Waals surface area contributed by atoms with E-state index in [0.717, 1.165) is 89.9 Å². The number of ether oxygens (including phenoxy) is 5. The largest absolute Gasteiger partial charge is 0.479 e. The van der Waals surface area contributed by atoms with E-state index in [1.54, 1.807) is 0 Å². The van der Waals surface area contributed by atoms with Gasteiger partial charge in [0, 0.05) is 19.3 Å². The van der Waals surface area contributed by atoms with Crippen molar-refractivity contribution in [1.29, 1.82) is 0 Å². The van der Waals surface area contributed by atoms with Crippen LogP contribution in [-0.2, 0) is 42.9 Å². The Kier molecular flexibility index (Phi) is 48.4. The van der Waals surface area contributed by atoms with Crippen LogP contribution in [0.4, 0.5) is 0 Å². The lowest BCUT2D eigenvalue weighted by atomic mass is 9.98. The number of aliphatic hydroxyl groups excluding tert-OH is 2. The Balaban J connectivity index is 2.68. The molecule has 0 saturated carbocycles. The Hall–Kier alpha value is -4.10. The highest BCUT2D eigenvalue weighted by atomic mass is 16.7. The zero-order valence-corrected chi connectivity index (χ0v) is 48.4. The summed E-state index contributed by atoms with van der Waals surface area (Å²) in [6.45, 7) is 5.80. The molecule has 1 fully saturated rings. The van der Waals surface area contributed by atoms with Gasteiger partial charge in [-0.25, -0.2) is 4.79 Å². The number of hydrogen-bond donors (Lipinski definition) is 3. The van der Waals surface area contributed by atoms with Crippen LogP contribution >= 0.6 is 0 Å². The Labute approximate surface area is 467 Å². The van der Waals surface area contributed by atoms with Crippen molar-refractivity contribution in [2.45, 2.75) is 289 Å². The third-order valence-electron chi connectivity index (χ3n) is 13.5. The Bertz CT molecular complexity index is 1660. The average molecular weight is 1080 g/mol. The first-order chi connectivity index (χ1) is 37.6. The van der Waals surface area contributed by atoms with Crippen LogP contribution in [-0.4, -0.2) is 89.2 Å². The van der Waals surface area contributed by atoms with E-state index in [-0.39, 0.29) is 25.9 Å². The molecule has 0 aromatic rings. The molecule has 77 heavy (non-hydrogen) atoms. The van der Waals surface area contributed by atoms with Crippen molar-refractivity contribution < 1.29 is 58.2 Å². The molecule has 12 nitrogen and oxygen atoms in total. The van der Waals surface area contributed by atoms with E-state index in [9.17, 15) is 34.5 Å². The second-order valence-electron chi connectivity index (χ2n) is 20.6. The van der Waals surface area contributed by atoms with Crippen molar-refractivity contribution in [2.24, 2.45) is 0 Å². The third-order valence-corrected chi connectivity index (χ3v) is 13.5. The van der Waals surface area contributed by atoms with Gasteiger partial charge in [0.1, 0.15) is 18.8 Å². The molecule has 1 saturated heterocycles. The number of hydrogen-bond acceptors (Lipinski definition) is 11. The van der Waals surface area contributed by atoms with E-state index < -0.39 is 67.3 Å². The van der Waals surface area contributed by atoms with Gasteiger partial charge >= 0.3 is 23.9 Å². The molecule has 0 amide bonds. The number of allylic oxidation sites excluding steroid dienone is 14. The topological polar surface area (TPSA) is 175 Å². The number of carbonyl (C=O) groups is 4. The van der Waals surface area contributed by atoms with Gasteiger partial charge in [-0.2, -0.15) is 0 Å². The monoisotopic (exact) mass is 1080 g/mol. The zero-order valence-electron chi connectivity index (χ0n) is 48.4. The van der Waals surface area contributed by atoms with Crippen molar-refractivity contribution in [1.82, 2.24) is 0 Å².